The fourth-order valence-corrected chi connectivity index (χ4v) is 2.42. The Labute approximate surface area is 108 Å². The second kappa shape index (κ2) is 5.40. The van der Waals surface area contributed by atoms with E-state index in [4.69, 9.17) is 0 Å². The number of carbonyl (C=O) groups is 1. The topological polar surface area (TPSA) is 52.6 Å². The number of urea groups is 1. The van der Waals surface area contributed by atoms with Crippen LogP contribution in [0.1, 0.15) is 31.0 Å². The lowest BCUT2D eigenvalue weighted by Crippen LogP contribution is -2.48. The molecule has 1 aliphatic rings. The summed E-state index contributed by atoms with van der Waals surface area (Å²) in [6.45, 7) is 4.48. The van der Waals surface area contributed by atoms with Gasteiger partial charge in [0.25, 0.3) is 0 Å². The number of nitrogens with one attached hydrogen (secondary N) is 1. The molecule has 0 aliphatic carbocycles. The third kappa shape index (κ3) is 2.48. The molecule has 0 fully saturated rings. The lowest BCUT2D eigenvalue weighted by molar-refractivity contribution is 0.125. The maximum absolute atomic E-state index is 12.1. The third-order valence-electron chi connectivity index (χ3n) is 3.26. The van der Waals surface area contributed by atoms with Crippen molar-refractivity contribution < 1.29 is 9.90 Å². The van der Waals surface area contributed by atoms with Crippen molar-refractivity contribution in [3.63, 3.8) is 0 Å². The predicted octanol–water partition coefficient (Wildman–Crippen LogP) is 1.70. The molecule has 1 heterocycles. The Morgan fingerprint density at radius 2 is 2.22 bits per heavy atom. The first kappa shape index (κ1) is 12.9. The summed E-state index contributed by atoms with van der Waals surface area (Å²) in [7, 11) is 0. The number of aliphatic hydroxyl groups excluding tert-OH is 1. The van der Waals surface area contributed by atoms with Gasteiger partial charge in [0.15, 0.2) is 0 Å². The van der Waals surface area contributed by atoms with E-state index in [1.807, 2.05) is 32.0 Å². The van der Waals surface area contributed by atoms with Gasteiger partial charge in [0.1, 0.15) is 0 Å². The Kier molecular flexibility index (Phi) is 3.87. The molecule has 4 nitrogen and oxygen atoms in total. The zero-order valence-corrected chi connectivity index (χ0v) is 10.9. The van der Waals surface area contributed by atoms with Crippen molar-refractivity contribution in [2.24, 2.45) is 0 Å². The molecule has 0 aromatic heterocycles. The smallest absolute Gasteiger partial charge is 0.318 e. The van der Waals surface area contributed by atoms with Crippen LogP contribution in [0.3, 0.4) is 0 Å². The van der Waals surface area contributed by atoms with E-state index in [1.165, 1.54) is 5.56 Å². The zero-order valence-electron chi connectivity index (χ0n) is 10.9. The molecule has 0 saturated heterocycles. The molecule has 1 aliphatic heterocycles. The van der Waals surface area contributed by atoms with Gasteiger partial charge in [-0.15, -0.1) is 0 Å². The molecule has 1 atom stereocenters. The molecular formula is C14H20N2O2. The van der Waals surface area contributed by atoms with Crippen LogP contribution in [0.2, 0.25) is 0 Å². The Bertz CT molecular complexity index is 432. The Morgan fingerprint density at radius 3 is 2.89 bits per heavy atom. The largest absolute Gasteiger partial charge is 0.394 e. The fraction of sp³-hybridized carbons (Fsp3) is 0.500. The third-order valence-corrected chi connectivity index (χ3v) is 3.26. The second-order valence-electron chi connectivity index (χ2n) is 4.94. The van der Waals surface area contributed by atoms with Crippen molar-refractivity contribution in [1.29, 1.82) is 0 Å². The van der Waals surface area contributed by atoms with Gasteiger partial charge >= 0.3 is 6.03 Å². The van der Waals surface area contributed by atoms with Crippen molar-refractivity contribution in [2.75, 3.05) is 13.2 Å². The van der Waals surface area contributed by atoms with Crippen molar-refractivity contribution in [2.45, 2.75) is 32.4 Å². The van der Waals surface area contributed by atoms with Gasteiger partial charge in [0, 0.05) is 12.6 Å². The second-order valence-corrected chi connectivity index (χ2v) is 4.94. The van der Waals surface area contributed by atoms with Gasteiger partial charge < -0.3 is 15.3 Å². The highest BCUT2D eigenvalue weighted by molar-refractivity contribution is 5.75. The summed E-state index contributed by atoms with van der Waals surface area (Å²) in [4.78, 5) is 13.8. The minimum absolute atomic E-state index is 0.0392. The maximum atomic E-state index is 12.1. The molecule has 2 amide bonds. The molecule has 2 rings (SSSR count). The fourth-order valence-electron chi connectivity index (χ4n) is 2.42. The molecule has 0 bridgehead atoms. The summed E-state index contributed by atoms with van der Waals surface area (Å²) in [6.07, 6.45) is 0.845. The van der Waals surface area contributed by atoms with Crippen LogP contribution in [0.15, 0.2) is 24.3 Å². The Morgan fingerprint density at radius 1 is 1.50 bits per heavy atom. The van der Waals surface area contributed by atoms with Crippen molar-refractivity contribution in [1.82, 2.24) is 10.2 Å². The standard InChI is InChI=1S/C14H20N2O2/c1-10(2)15-14(18)16-8-7-11-5-3-4-6-12(11)13(16)9-17/h3-6,10,13,17H,7-9H2,1-2H3,(H,15,18). The van der Waals surface area contributed by atoms with Crippen LogP contribution in [-0.4, -0.2) is 35.2 Å². The summed E-state index contributed by atoms with van der Waals surface area (Å²) in [5.41, 5.74) is 2.29. The number of benzene rings is 1. The maximum Gasteiger partial charge on any atom is 0.318 e. The summed E-state index contributed by atoms with van der Waals surface area (Å²) in [6, 6.07) is 7.78. The van der Waals surface area contributed by atoms with Crippen molar-refractivity contribution in [3.8, 4) is 0 Å². The van der Waals surface area contributed by atoms with Crippen LogP contribution in [0.25, 0.3) is 0 Å². The van der Waals surface area contributed by atoms with Gasteiger partial charge in [0.2, 0.25) is 0 Å². The van der Waals surface area contributed by atoms with Gasteiger partial charge in [0.05, 0.1) is 12.6 Å². The monoisotopic (exact) mass is 248 g/mol. The van der Waals surface area contributed by atoms with Gasteiger partial charge in [-0.2, -0.15) is 0 Å². The van der Waals surface area contributed by atoms with Gasteiger partial charge in [-0.1, -0.05) is 24.3 Å². The van der Waals surface area contributed by atoms with E-state index in [0.29, 0.717) is 6.54 Å². The number of hydrogen-bond acceptors (Lipinski definition) is 2. The van der Waals surface area contributed by atoms with Gasteiger partial charge in [-0.25, -0.2) is 4.79 Å². The average Bonchev–Trinajstić information content (AvgIpc) is 2.36. The summed E-state index contributed by atoms with van der Waals surface area (Å²) in [5.74, 6) is 0. The molecule has 4 heteroatoms. The molecule has 2 N–H and O–H groups in total. The van der Waals surface area contributed by atoms with E-state index in [-0.39, 0.29) is 24.7 Å². The molecule has 1 aromatic carbocycles. The van der Waals surface area contributed by atoms with Crippen LogP contribution in [0.4, 0.5) is 4.79 Å². The Hall–Kier alpha value is -1.55. The van der Waals surface area contributed by atoms with E-state index >= 15 is 0 Å². The summed E-state index contributed by atoms with van der Waals surface area (Å²) < 4.78 is 0. The van der Waals surface area contributed by atoms with Gasteiger partial charge in [-0.05, 0) is 31.4 Å². The van der Waals surface area contributed by atoms with E-state index in [9.17, 15) is 9.90 Å². The number of amides is 2. The minimum atomic E-state index is -0.228. The number of rotatable bonds is 2. The lowest BCUT2D eigenvalue weighted by Gasteiger charge is -2.36. The van der Waals surface area contributed by atoms with E-state index in [0.717, 1.165) is 12.0 Å². The van der Waals surface area contributed by atoms with E-state index in [2.05, 4.69) is 11.4 Å². The van der Waals surface area contributed by atoms with Crippen LogP contribution >= 0.6 is 0 Å². The highest BCUT2D eigenvalue weighted by Gasteiger charge is 2.30. The van der Waals surface area contributed by atoms with Gasteiger partial charge in [-0.3, -0.25) is 0 Å². The first-order valence-electron chi connectivity index (χ1n) is 6.39. The quantitative estimate of drug-likeness (QED) is 0.837. The van der Waals surface area contributed by atoms with Crippen molar-refractivity contribution in [3.05, 3.63) is 35.4 Å². The summed E-state index contributed by atoms with van der Waals surface area (Å²) in [5, 5.41) is 12.5. The van der Waals surface area contributed by atoms with E-state index in [1.54, 1.807) is 4.90 Å². The van der Waals surface area contributed by atoms with Crippen LogP contribution in [-0.2, 0) is 6.42 Å². The first-order valence-corrected chi connectivity index (χ1v) is 6.39. The number of carbonyl (C=O) groups excluding carboxylic acids is 1. The Balaban J connectivity index is 2.23. The molecule has 0 spiro atoms. The van der Waals surface area contributed by atoms with Crippen molar-refractivity contribution >= 4 is 6.03 Å². The average molecular weight is 248 g/mol. The number of fused-ring (bicyclic) bond motifs is 1. The highest BCUT2D eigenvalue weighted by atomic mass is 16.3. The molecule has 0 saturated carbocycles. The first-order chi connectivity index (χ1) is 8.63. The molecule has 18 heavy (non-hydrogen) atoms. The molecule has 0 radical (unpaired) electrons. The zero-order chi connectivity index (χ0) is 13.1. The lowest BCUT2D eigenvalue weighted by atomic mass is 9.93. The predicted molar refractivity (Wildman–Crippen MR) is 70.3 cm³/mol. The van der Waals surface area contributed by atoms with E-state index < -0.39 is 0 Å². The SMILES string of the molecule is CC(C)NC(=O)N1CCc2ccccc2C1CO. The molecular weight excluding hydrogens is 228 g/mol. The van der Waals surface area contributed by atoms with Crippen LogP contribution < -0.4 is 5.32 Å². The number of nitrogens with zero attached hydrogens (tertiary/aromatic N) is 1. The highest BCUT2D eigenvalue weighted by Crippen LogP contribution is 2.29. The number of hydrogen-bond donors (Lipinski definition) is 2. The number of aliphatic hydroxyl groups is 1. The summed E-state index contributed by atoms with van der Waals surface area (Å²) >= 11 is 0. The normalized spacial score (nSPS) is 18.7. The molecule has 1 aromatic rings. The van der Waals surface area contributed by atoms with Crippen LogP contribution in [0, 0.1) is 0 Å². The molecule has 98 valence electrons. The molecule has 1 unspecified atom stereocenters. The minimum Gasteiger partial charge on any atom is -0.394 e. The van der Waals surface area contributed by atoms with Crippen LogP contribution in [0.5, 0.6) is 0 Å².